The molecule has 2 saturated heterocycles. The van der Waals surface area contributed by atoms with Crippen LogP contribution in [0.4, 0.5) is 5.82 Å². The summed E-state index contributed by atoms with van der Waals surface area (Å²) in [6.45, 7) is 5.48. The van der Waals surface area contributed by atoms with Crippen molar-refractivity contribution in [2.75, 3.05) is 31.1 Å². The number of aryl methyl sites for hydroxylation is 1. The Morgan fingerprint density at radius 2 is 1.79 bits per heavy atom. The van der Waals surface area contributed by atoms with Crippen LogP contribution in [0, 0.1) is 5.41 Å². The van der Waals surface area contributed by atoms with Crippen LogP contribution in [-0.2, 0) is 11.8 Å². The molecule has 0 N–H and O–H groups in total. The van der Waals surface area contributed by atoms with Crippen molar-refractivity contribution >= 4 is 53.0 Å². The quantitative estimate of drug-likeness (QED) is 0.430. The van der Waals surface area contributed by atoms with Gasteiger partial charge in [0.25, 0.3) is 5.56 Å². The van der Waals surface area contributed by atoms with Gasteiger partial charge in [0.1, 0.15) is 11.3 Å². The number of hydrogen-bond donors (Lipinski definition) is 0. The lowest BCUT2D eigenvalue weighted by Gasteiger charge is -2.47. The number of aromatic nitrogens is 3. The number of anilines is 1. The van der Waals surface area contributed by atoms with E-state index in [1.54, 1.807) is 18.5 Å². The Balaban J connectivity index is 1.33. The van der Waals surface area contributed by atoms with Gasteiger partial charge in [-0.05, 0) is 49.3 Å². The van der Waals surface area contributed by atoms with E-state index in [-0.39, 0.29) is 11.5 Å². The molecule has 2 fully saturated rings. The van der Waals surface area contributed by atoms with E-state index in [1.807, 2.05) is 33.5 Å². The van der Waals surface area contributed by atoms with Crippen LogP contribution in [0.3, 0.4) is 0 Å². The Kier molecular flexibility index (Phi) is 6.19. The lowest BCUT2D eigenvalue weighted by molar-refractivity contribution is -0.131. The molecule has 2 aliphatic rings. The molecule has 0 atom stereocenters. The zero-order valence-corrected chi connectivity index (χ0v) is 21.9. The Labute approximate surface area is 209 Å². The molecule has 5 heterocycles. The van der Waals surface area contributed by atoms with Gasteiger partial charge in [0.05, 0.1) is 0 Å². The summed E-state index contributed by atoms with van der Waals surface area (Å²) in [4.78, 5) is 33.5. The van der Waals surface area contributed by atoms with Crippen LogP contribution in [0.2, 0.25) is 0 Å². The predicted octanol–water partition coefficient (Wildman–Crippen LogP) is 4.48. The van der Waals surface area contributed by atoms with Gasteiger partial charge in [0, 0.05) is 106 Å². The van der Waals surface area contributed by atoms with E-state index in [1.165, 1.54) is 9.12 Å². The first-order valence-corrected chi connectivity index (χ1v) is 14.7. The third-order valence-corrected chi connectivity index (χ3v) is 9.26. The zero-order chi connectivity index (χ0) is 23.2. The van der Waals surface area contributed by atoms with E-state index in [0.29, 0.717) is 10.9 Å². The molecular weight excluding hydrogens is 549 g/mol. The molecule has 3 aromatic rings. The van der Waals surface area contributed by atoms with Gasteiger partial charge in [-0.1, -0.05) is 0 Å². The first-order valence-electron chi connectivity index (χ1n) is 11.4. The molecule has 1 amide bonds. The Morgan fingerprint density at radius 1 is 1.09 bits per heavy atom. The maximum atomic E-state index is 12.7. The van der Waals surface area contributed by atoms with E-state index in [4.69, 9.17) is 4.98 Å². The number of halogens is 1. The van der Waals surface area contributed by atoms with Crippen molar-refractivity contribution in [2.45, 2.75) is 32.6 Å². The Hall–Kier alpha value is -2.01. The monoisotopic (exact) mass is 577 g/mol. The average Bonchev–Trinajstić information content (AvgIpc) is 3.27. The number of fused-ring (bicyclic) bond motifs is 1. The molecule has 1 spiro atoms. The lowest BCUT2D eigenvalue weighted by atomic mass is 9.71. The molecule has 0 radical (unpaired) electrons. The van der Waals surface area contributed by atoms with Gasteiger partial charge in [-0.15, -0.1) is 0 Å². The van der Waals surface area contributed by atoms with Crippen LogP contribution in [0.1, 0.15) is 32.6 Å². The second kappa shape index (κ2) is 8.98. The molecule has 2 aliphatic heterocycles. The number of piperidine rings is 2. The van der Waals surface area contributed by atoms with Gasteiger partial charge in [-0.25, -0.2) is 4.98 Å². The van der Waals surface area contributed by atoms with Crippen LogP contribution >= 0.6 is 30.3 Å². The summed E-state index contributed by atoms with van der Waals surface area (Å²) in [5, 5.41) is 0.952. The van der Waals surface area contributed by atoms with Crippen LogP contribution in [0.15, 0.2) is 41.6 Å². The number of rotatable bonds is 3. The fraction of sp³-hybridized carbons (Fsp3) is 0.458. The second-order valence-corrected chi connectivity index (χ2v) is 11.0. The SMILES string of the molecule is CC(=O)N1CCC2(CC1)CCN(c1ccc(-c3cn(C)c(=O)c4c3ccn4SI)cn1)CC2. The highest BCUT2D eigenvalue weighted by Gasteiger charge is 2.38. The normalized spacial score (nSPS) is 18.3. The van der Waals surface area contributed by atoms with Gasteiger partial charge in [0.15, 0.2) is 0 Å². The number of amides is 1. The fourth-order valence-corrected chi connectivity index (χ4v) is 6.69. The second-order valence-electron chi connectivity index (χ2n) is 9.33. The molecule has 7 nitrogen and oxygen atoms in total. The molecule has 3 aromatic heterocycles. The van der Waals surface area contributed by atoms with E-state index in [9.17, 15) is 9.59 Å². The van der Waals surface area contributed by atoms with E-state index >= 15 is 0 Å². The van der Waals surface area contributed by atoms with E-state index in [2.05, 4.69) is 38.2 Å². The number of likely N-dealkylation sites (tertiary alicyclic amines) is 1. The molecule has 33 heavy (non-hydrogen) atoms. The summed E-state index contributed by atoms with van der Waals surface area (Å²) >= 11 is 2.20. The van der Waals surface area contributed by atoms with Gasteiger partial charge < -0.3 is 14.4 Å². The molecule has 0 aromatic carbocycles. The van der Waals surface area contributed by atoms with Crippen molar-refractivity contribution in [1.82, 2.24) is 18.4 Å². The van der Waals surface area contributed by atoms with Crippen molar-refractivity contribution in [2.24, 2.45) is 12.5 Å². The number of pyridine rings is 2. The zero-order valence-electron chi connectivity index (χ0n) is 19.0. The van der Waals surface area contributed by atoms with Crippen molar-refractivity contribution in [1.29, 1.82) is 0 Å². The van der Waals surface area contributed by atoms with Crippen LogP contribution in [0.25, 0.3) is 22.0 Å². The van der Waals surface area contributed by atoms with Gasteiger partial charge in [-0.2, -0.15) is 0 Å². The highest BCUT2D eigenvalue weighted by atomic mass is 127. The Bertz CT molecular complexity index is 1230. The summed E-state index contributed by atoms with van der Waals surface area (Å²) in [7, 11) is 3.29. The average molecular weight is 577 g/mol. The number of carbonyl (C=O) groups excluding carboxylic acids is 1. The third-order valence-electron chi connectivity index (χ3n) is 7.54. The standard InChI is InChI=1S/C24H28IN5O2S/c1-17(31)28-11-6-24(7-12-28)8-13-29(14-9-24)21-4-3-18(15-26-21)20-16-27(2)23(32)22-19(20)5-10-30(22)33-25/h3-5,10,15-16H,6-9,11-14H2,1-2H3. The predicted molar refractivity (Wildman–Crippen MR) is 143 cm³/mol. The number of carbonyl (C=O) groups is 1. The minimum absolute atomic E-state index is 0.00359. The van der Waals surface area contributed by atoms with Gasteiger partial charge >= 0.3 is 0 Å². The fourth-order valence-electron chi connectivity index (χ4n) is 5.36. The molecule has 5 rings (SSSR count). The summed E-state index contributed by atoms with van der Waals surface area (Å²) in [6, 6.07) is 6.23. The molecule has 0 saturated carbocycles. The number of hydrogen-bond acceptors (Lipinski definition) is 5. The largest absolute Gasteiger partial charge is 0.357 e. The van der Waals surface area contributed by atoms with Crippen molar-refractivity contribution in [3.05, 3.63) is 47.1 Å². The van der Waals surface area contributed by atoms with Crippen LogP contribution in [0.5, 0.6) is 0 Å². The molecular formula is C24H28IN5O2S. The molecule has 174 valence electrons. The number of nitrogens with zero attached hydrogens (tertiary/aromatic N) is 5. The van der Waals surface area contributed by atoms with Crippen molar-refractivity contribution in [3.8, 4) is 11.1 Å². The highest BCUT2D eigenvalue weighted by molar-refractivity contribution is 14.2. The van der Waals surface area contributed by atoms with Crippen LogP contribution in [-0.4, -0.2) is 50.5 Å². The van der Waals surface area contributed by atoms with Crippen molar-refractivity contribution in [3.63, 3.8) is 0 Å². The maximum absolute atomic E-state index is 12.7. The van der Waals surface area contributed by atoms with E-state index in [0.717, 1.165) is 74.2 Å². The smallest absolute Gasteiger partial charge is 0.275 e. The van der Waals surface area contributed by atoms with Crippen molar-refractivity contribution < 1.29 is 4.79 Å². The molecule has 0 aliphatic carbocycles. The summed E-state index contributed by atoms with van der Waals surface area (Å²) in [5.41, 5.74) is 3.12. The summed E-state index contributed by atoms with van der Waals surface area (Å²) < 4.78 is 3.56. The molecule has 9 heteroatoms. The summed E-state index contributed by atoms with van der Waals surface area (Å²) in [5.74, 6) is 1.21. The first kappa shape index (κ1) is 22.8. The first-order chi connectivity index (χ1) is 15.9. The minimum Gasteiger partial charge on any atom is -0.357 e. The molecule has 0 bridgehead atoms. The summed E-state index contributed by atoms with van der Waals surface area (Å²) in [6.07, 6.45) is 10.3. The Morgan fingerprint density at radius 3 is 2.39 bits per heavy atom. The minimum atomic E-state index is 0.00359. The van der Waals surface area contributed by atoms with Gasteiger partial charge in [-0.3, -0.25) is 13.6 Å². The highest BCUT2D eigenvalue weighted by Crippen LogP contribution is 2.42. The topological polar surface area (TPSA) is 63.4 Å². The molecule has 0 unspecified atom stereocenters. The van der Waals surface area contributed by atoms with Gasteiger partial charge in [0.2, 0.25) is 5.91 Å². The maximum Gasteiger partial charge on any atom is 0.275 e. The lowest BCUT2D eigenvalue weighted by Crippen LogP contribution is -2.48. The third kappa shape index (κ3) is 4.18. The van der Waals surface area contributed by atoms with Crippen LogP contribution < -0.4 is 10.5 Å². The van der Waals surface area contributed by atoms with E-state index < -0.39 is 0 Å².